The molecule has 1 atom stereocenters. The average Bonchev–Trinajstić information content (AvgIpc) is 3.03. The molecule has 2 amide bonds. The zero-order valence-corrected chi connectivity index (χ0v) is 31.5. The molecule has 3 aromatic rings. The quantitative estimate of drug-likeness (QED) is 0.116. The van der Waals surface area contributed by atoms with E-state index in [1.165, 1.54) is 0 Å². The van der Waals surface area contributed by atoms with E-state index in [4.69, 9.17) is 21.4 Å². The molecule has 290 valence electrons. The van der Waals surface area contributed by atoms with Gasteiger partial charge >= 0.3 is 12.1 Å². The van der Waals surface area contributed by atoms with Crippen molar-refractivity contribution in [3.63, 3.8) is 0 Å². The van der Waals surface area contributed by atoms with Crippen LogP contribution < -0.4 is 16.2 Å². The summed E-state index contributed by atoms with van der Waals surface area (Å²) in [5, 5.41) is 14.7. The number of aliphatic carboxylic acids is 1. The van der Waals surface area contributed by atoms with E-state index < -0.39 is 47.6 Å². The molecule has 1 aromatic heterocycles. The highest BCUT2D eigenvalue weighted by atomic mass is 35.5. The number of ether oxygens (including phenoxy) is 1. The van der Waals surface area contributed by atoms with E-state index in [0.29, 0.717) is 47.0 Å². The Bertz CT molecular complexity index is 1800. The molecule has 3 N–H and O–H groups in total. The first kappa shape index (κ1) is 43.1. The number of pyridine rings is 1. The lowest BCUT2D eigenvalue weighted by Crippen LogP contribution is -2.52. The summed E-state index contributed by atoms with van der Waals surface area (Å²) in [5.41, 5.74) is 1.85. The second-order valence-electron chi connectivity index (χ2n) is 13.5. The summed E-state index contributed by atoms with van der Waals surface area (Å²) < 4.78 is 60.4. The van der Waals surface area contributed by atoms with Crippen molar-refractivity contribution in [1.82, 2.24) is 20.1 Å². The van der Waals surface area contributed by atoms with Crippen LogP contribution in [0.15, 0.2) is 41.2 Å². The topological polar surface area (TPSA) is 130 Å². The van der Waals surface area contributed by atoms with Crippen molar-refractivity contribution in [2.75, 3.05) is 33.3 Å². The summed E-state index contributed by atoms with van der Waals surface area (Å²) in [4.78, 5) is 48.8. The van der Waals surface area contributed by atoms with Crippen LogP contribution in [0.5, 0.6) is 0 Å². The van der Waals surface area contributed by atoms with Crippen molar-refractivity contribution >= 4 is 29.9 Å². The predicted molar refractivity (Wildman–Crippen MR) is 195 cm³/mol. The number of carboxylic acid groups (broad SMARTS) is 1. The Morgan fingerprint density at radius 3 is 2.25 bits per heavy atom. The molecule has 1 aliphatic heterocycles. The Kier molecular flexibility index (Phi) is 15.6. The first-order chi connectivity index (χ1) is 24.9. The van der Waals surface area contributed by atoms with Crippen LogP contribution in [0.2, 0.25) is 5.02 Å². The van der Waals surface area contributed by atoms with Crippen LogP contribution >= 0.6 is 11.6 Å². The Balaban J connectivity index is 0.000000287. The third-order valence-corrected chi connectivity index (χ3v) is 9.14. The molecule has 4 rings (SSSR count). The number of nitrogens with one attached hydrogen (secondary N) is 2. The fourth-order valence-corrected chi connectivity index (χ4v) is 6.50. The molecule has 0 aliphatic carbocycles. The lowest BCUT2D eigenvalue weighted by atomic mass is 9.90. The average molecular weight is 767 g/mol. The van der Waals surface area contributed by atoms with Gasteiger partial charge in [-0.05, 0) is 104 Å². The third-order valence-electron chi connectivity index (χ3n) is 8.92. The zero-order chi connectivity index (χ0) is 39.6. The molecule has 0 saturated carbocycles. The Morgan fingerprint density at radius 1 is 1.06 bits per heavy atom. The van der Waals surface area contributed by atoms with Crippen LogP contribution in [0.4, 0.5) is 17.6 Å². The van der Waals surface area contributed by atoms with E-state index in [-0.39, 0.29) is 23.8 Å². The van der Waals surface area contributed by atoms with Gasteiger partial charge in [0, 0.05) is 50.4 Å². The van der Waals surface area contributed by atoms with E-state index in [1.807, 2.05) is 39.8 Å². The largest absolute Gasteiger partial charge is 0.481 e. The monoisotopic (exact) mass is 766 g/mol. The fourth-order valence-electron chi connectivity index (χ4n) is 6.17. The van der Waals surface area contributed by atoms with Crippen molar-refractivity contribution in [3.05, 3.63) is 91.1 Å². The number of amides is 2. The number of aryl methyl sites for hydroxylation is 3. The first-order valence-electron chi connectivity index (χ1n) is 17.2. The molecule has 0 spiro atoms. The van der Waals surface area contributed by atoms with Crippen LogP contribution in [0.3, 0.4) is 0 Å². The molecule has 2 heterocycles. The van der Waals surface area contributed by atoms with Crippen molar-refractivity contribution in [2.45, 2.75) is 78.7 Å². The number of hydrogen-bond acceptors (Lipinski definition) is 6. The molecular formula is C38H47ClF4N4O6. The van der Waals surface area contributed by atoms with Crippen LogP contribution in [0.25, 0.3) is 11.1 Å². The number of benzene rings is 2. The molecule has 15 heteroatoms. The number of methoxy groups -OCH3 is 1. The summed E-state index contributed by atoms with van der Waals surface area (Å²) in [6.45, 7) is 11.7. The van der Waals surface area contributed by atoms with E-state index >= 15 is 0 Å². The maximum Gasteiger partial charge on any atom is 0.431 e. The van der Waals surface area contributed by atoms with Gasteiger partial charge in [-0.25, -0.2) is 4.39 Å². The minimum atomic E-state index is -4.66. The van der Waals surface area contributed by atoms with Crippen molar-refractivity contribution in [3.8, 4) is 11.1 Å². The van der Waals surface area contributed by atoms with Gasteiger partial charge in [0.25, 0.3) is 11.5 Å². The Labute approximate surface area is 311 Å². The van der Waals surface area contributed by atoms with Crippen molar-refractivity contribution in [2.24, 2.45) is 5.92 Å². The zero-order valence-electron chi connectivity index (χ0n) is 30.7. The number of likely N-dealkylation sites (tertiary alicyclic amines) is 1. The molecular weight excluding hydrogens is 720 g/mol. The lowest BCUT2D eigenvalue weighted by molar-refractivity contribution is -0.144. The molecule has 10 nitrogen and oxygen atoms in total. The number of carbonyl (C=O) groups is 3. The normalized spacial score (nSPS) is 13.9. The number of aromatic nitrogens is 1. The first-order valence-corrected chi connectivity index (χ1v) is 17.6. The fraction of sp³-hybridized carbons (Fsp3) is 0.474. The van der Waals surface area contributed by atoms with Crippen molar-refractivity contribution < 1.29 is 41.8 Å². The van der Waals surface area contributed by atoms with Gasteiger partial charge in [0.05, 0.1) is 18.6 Å². The molecule has 1 aliphatic rings. The molecule has 2 aromatic carbocycles. The Morgan fingerprint density at radius 2 is 1.70 bits per heavy atom. The summed E-state index contributed by atoms with van der Waals surface area (Å²) in [5.74, 6) is -1.92. The standard InChI is InChI=1S/C19H19ClFNO3.C19H28F3N3O3/c1-10-5-14(20)6-11(2)18(10)13-4-12(3)19(21)15(7-13)16(22-9-23)8-17(24)25;1-13(2)7-8-23-17(26)15-5-6-16(19(20,21)22)25(18(15)27)10-4-9-24-11-14(12-24)28-3/h4-7,9,16H,8H2,1-3H3,(H,22,23)(H,24,25);5-6,13-14H,4,7-12H2,1-3H3,(H,23,26). The van der Waals surface area contributed by atoms with Crippen LogP contribution in [-0.4, -0.2) is 72.3 Å². The van der Waals surface area contributed by atoms with Gasteiger partial charge in [-0.15, -0.1) is 0 Å². The minimum absolute atomic E-state index is 0.102. The second-order valence-corrected chi connectivity index (χ2v) is 14.0. The highest BCUT2D eigenvalue weighted by molar-refractivity contribution is 6.30. The van der Waals surface area contributed by atoms with Gasteiger partial charge < -0.3 is 25.0 Å². The van der Waals surface area contributed by atoms with E-state index in [0.717, 1.165) is 53.9 Å². The summed E-state index contributed by atoms with van der Waals surface area (Å²) in [6, 6.07) is 7.77. The molecule has 1 fully saturated rings. The van der Waals surface area contributed by atoms with E-state index in [1.54, 1.807) is 26.2 Å². The number of rotatable bonds is 15. The molecule has 1 unspecified atom stereocenters. The van der Waals surface area contributed by atoms with E-state index in [2.05, 4.69) is 15.5 Å². The smallest absolute Gasteiger partial charge is 0.431 e. The van der Waals surface area contributed by atoms with Crippen LogP contribution in [-0.2, 0) is 27.0 Å². The SMILES string of the molecule is COC1CN(CCCn2c(C(F)(F)F)ccc(C(=O)NCCC(C)C)c2=O)C1.Cc1cc(-c2c(C)cc(Cl)cc2C)cc(C(CC(=O)O)NC=O)c1F. The van der Waals surface area contributed by atoms with Gasteiger partial charge in [0.1, 0.15) is 17.1 Å². The highest BCUT2D eigenvalue weighted by Crippen LogP contribution is 2.34. The molecule has 53 heavy (non-hydrogen) atoms. The van der Waals surface area contributed by atoms with Gasteiger partial charge in [0.15, 0.2) is 0 Å². The summed E-state index contributed by atoms with van der Waals surface area (Å²) in [6.07, 6.45) is -3.43. The van der Waals surface area contributed by atoms with E-state index in [9.17, 15) is 36.7 Å². The van der Waals surface area contributed by atoms with Gasteiger partial charge in [-0.3, -0.25) is 24.1 Å². The molecule has 0 radical (unpaired) electrons. The summed E-state index contributed by atoms with van der Waals surface area (Å²) >= 11 is 6.07. The van der Waals surface area contributed by atoms with Gasteiger partial charge in [-0.2, -0.15) is 13.2 Å². The number of carbonyl (C=O) groups excluding carboxylic acids is 2. The van der Waals surface area contributed by atoms with Crippen LogP contribution in [0.1, 0.15) is 77.5 Å². The van der Waals surface area contributed by atoms with Gasteiger partial charge in [0.2, 0.25) is 6.41 Å². The predicted octanol–water partition coefficient (Wildman–Crippen LogP) is 6.70. The summed E-state index contributed by atoms with van der Waals surface area (Å²) in [7, 11) is 1.62. The molecule has 0 bridgehead atoms. The number of carboxylic acids is 1. The number of hydrogen-bond donors (Lipinski definition) is 3. The second kappa shape index (κ2) is 19.2. The van der Waals surface area contributed by atoms with Crippen molar-refractivity contribution in [1.29, 1.82) is 0 Å². The minimum Gasteiger partial charge on any atom is -0.481 e. The highest BCUT2D eigenvalue weighted by Gasteiger charge is 2.35. The maximum absolute atomic E-state index is 14.6. The maximum atomic E-state index is 14.6. The lowest BCUT2D eigenvalue weighted by Gasteiger charge is -2.38. The van der Waals surface area contributed by atoms with Crippen LogP contribution in [0, 0.1) is 32.5 Å². The number of alkyl halides is 3. The number of halogens is 5. The van der Waals surface area contributed by atoms with Gasteiger partial charge in [-0.1, -0.05) is 25.4 Å². The third kappa shape index (κ3) is 11.9. The number of nitrogens with zero attached hydrogens (tertiary/aromatic N) is 2. The molecule has 1 saturated heterocycles. The Hall–Kier alpha value is -4.27.